The highest BCUT2D eigenvalue weighted by Gasteiger charge is 2.18. The van der Waals surface area contributed by atoms with Gasteiger partial charge in [0, 0.05) is 33.0 Å². The fourth-order valence-corrected chi connectivity index (χ4v) is 2.51. The number of hydrogen-bond acceptors (Lipinski definition) is 3. The van der Waals surface area contributed by atoms with Crippen molar-refractivity contribution < 1.29 is 9.53 Å². The molecule has 0 bridgehead atoms. The van der Waals surface area contributed by atoms with Crippen molar-refractivity contribution in [2.24, 2.45) is 13.0 Å². The lowest BCUT2D eigenvalue weighted by Gasteiger charge is -2.26. The number of carbonyl (C=O) groups is 1. The third-order valence-electron chi connectivity index (χ3n) is 3.55. The molecule has 0 aromatic carbocycles. The highest BCUT2D eigenvalue weighted by molar-refractivity contribution is 5.96. The highest BCUT2D eigenvalue weighted by Crippen LogP contribution is 2.15. The number of carbonyl (C=O) groups excluding carboxylic acids is 1. The third kappa shape index (κ3) is 3.43. The van der Waals surface area contributed by atoms with Gasteiger partial charge in [-0.25, -0.2) is 0 Å². The SMILES string of the molecule is CN(CC(=O)c1cccn1C)CC1CCOCC1. The Bertz CT molecular complexity index is 394. The molecule has 1 aliphatic heterocycles. The van der Waals surface area contributed by atoms with Gasteiger partial charge in [0.25, 0.3) is 0 Å². The molecule has 4 heteroatoms. The van der Waals surface area contributed by atoms with Crippen LogP contribution < -0.4 is 0 Å². The number of hydrogen-bond donors (Lipinski definition) is 0. The lowest BCUT2D eigenvalue weighted by Crippen LogP contribution is -2.33. The molecule has 100 valence electrons. The van der Waals surface area contributed by atoms with Crippen LogP contribution in [-0.4, -0.2) is 48.6 Å². The van der Waals surface area contributed by atoms with Crippen molar-refractivity contribution in [3.05, 3.63) is 24.0 Å². The molecule has 0 unspecified atom stereocenters. The lowest BCUT2D eigenvalue weighted by molar-refractivity contribution is 0.0549. The summed E-state index contributed by atoms with van der Waals surface area (Å²) in [7, 11) is 3.93. The number of rotatable bonds is 5. The quantitative estimate of drug-likeness (QED) is 0.744. The molecule has 0 aliphatic carbocycles. The maximum absolute atomic E-state index is 12.1. The summed E-state index contributed by atoms with van der Waals surface area (Å²) >= 11 is 0. The van der Waals surface area contributed by atoms with E-state index in [-0.39, 0.29) is 5.78 Å². The van der Waals surface area contributed by atoms with E-state index in [0.29, 0.717) is 12.5 Å². The molecule has 2 rings (SSSR count). The Hall–Kier alpha value is -1.13. The van der Waals surface area contributed by atoms with E-state index < -0.39 is 0 Å². The van der Waals surface area contributed by atoms with Crippen molar-refractivity contribution in [1.82, 2.24) is 9.47 Å². The smallest absolute Gasteiger partial charge is 0.193 e. The van der Waals surface area contributed by atoms with Gasteiger partial charge in [-0.05, 0) is 37.9 Å². The van der Waals surface area contributed by atoms with E-state index in [2.05, 4.69) is 4.90 Å². The first-order chi connectivity index (χ1) is 8.66. The molecule has 1 aromatic rings. The maximum Gasteiger partial charge on any atom is 0.193 e. The summed E-state index contributed by atoms with van der Waals surface area (Å²) in [6, 6.07) is 3.79. The summed E-state index contributed by atoms with van der Waals surface area (Å²) in [6.07, 6.45) is 4.14. The fraction of sp³-hybridized carbons (Fsp3) is 0.643. The monoisotopic (exact) mass is 250 g/mol. The average Bonchev–Trinajstić information content (AvgIpc) is 2.76. The Morgan fingerprint density at radius 2 is 2.22 bits per heavy atom. The van der Waals surface area contributed by atoms with Crippen LogP contribution in [0.5, 0.6) is 0 Å². The van der Waals surface area contributed by atoms with Gasteiger partial charge in [0.15, 0.2) is 5.78 Å². The molecule has 0 amide bonds. The third-order valence-corrected chi connectivity index (χ3v) is 3.55. The molecule has 0 saturated carbocycles. The molecule has 0 atom stereocenters. The summed E-state index contributed by atoms with van der Waals surface area (Å²) in [5.41, 5.74) is 0.786. The van der Waals surface area contributed by atoms with Gasteiger partial charge in [-0.1, -0.05) is 0 Å². The molecule has 2 heterocycles. The second-order valence-electron chi connectivity index (χ2n) is 5.18. The summed E-state index contributed by atoms with van der Waals surface area (Å²) in [4.78, 5) is 14.2. The van der Waals surface area contributed by atoms with E-state index in [1.54, 1.807) is 0 Å². The topological polar surface area (TPSA) is 34.5 Å². The molecular formula is C14H22N2O2. The van der Waals surface area contributed by atoms with Crippen LogP contribution in [0.15, 0.2) is 18.3 Å². The maximum atomic E-state index is 12.1. The van der Waals surface area contributed by atoms with Crippen LogP contribution in [0.4, 0.5) is 0 Å². The molecule has 18 heavy (non-hydrogen) atoms. The number of Topliss-reactive ketones (excluding diaryl/α,β-unsaturated/α-hetero) is 1. The Morgan fingerprint density at radius 1 is 1.50 bits per heavy atom. The summed E-state index contributed by atoms with van der Waals surface area (Å²) in [6.45, 7) is 3.21. The summed E-state index contributed by atoms with van der Waals surface area (Å²) in [5, 5.41) is 0. The van der Waals surface area contributed by atoms with Crippen molar-refractivity contribution in [1.29, 1.82) is 0 Å². The van der Waals surface area contributed by atoms with Crippen molar-refractivity contribution >= 4 is 5.78 Å². The minimum Gasteiger partial charge on any atom is -0.381 e. The van der Waals surface area contributed by atoms with Crippen molar-refractivity contribution in [3.63, 3.8) is 0 Å². The van der Waals surface area contributed by atoms with Gasteiger partial charge in [0.05, 0.1) is 12.2 Å². The first-order valence-electron chi connectivity index (χ1n) is 6.57. The molecule has 4 nitrogen and oxygen atoms in total. The van der Waals surface area contributed by atoms with Crippen LogP contribution in [0.1, 0.15) is 23.3 Å². The largest absolute Gasteiger partial charge is 0.381 e. The number of aryl methyl sites for hydroxylation is 1. The predicted octanol–water partition coefficient (Wildman–Crippen LogP) is 1.57. The molecule has 0 radical (unpaired) electrons. The Kier molecular flexibility index (Phi) is 4.55. The standard InChI is InChI=1S/C14H22N2O2/c1-15(10-12-5-8-18-9-6-12)11-14(17)13-4-3-7-16(13)2/h3-4,7,12H,5-6,8-11H2,1-2H3. The van der Waals surface area contributed by atoms with Gasteiger partial charge in [0.2, 0.25) is 0 Å². The van der Waals surface area contributed by atoms with E-state index in [1.165, 1.54) is 0 Å². The lowest BCUT2D eigenvalue weighted by atomic mass is 10.00. The van der Waals surface area contributed by atoms with Crippen molar-refractivity contribution in [2.45, 2.75) is 12.8 Å². The number of aromatic nitrogens is 1. The zero-order valence-corrected chi connectivity index (χ0v) is 11.3. The second kappa shape index (κ2) is 6.16. The summed E-state index contributed by atoms with van der Waals surface area (Å²) in [5.74, 6) is 0.863. The van der Waals surface area contributed by atoms with Gasteiger partial charge in [-0.2, -0.15) is 0 Å². The van der Waals surface area contributed by atoms with E-state index in [4.69, 9.17) is 4.74 Å². The number of nitrogens with zero attached hydrogens (tertiary/aromatic N) is 2. The molecule has 1 saturated heterocycles. The van der Waals surface area contributed by atoms with Crippen LogP contribution in [0.2, 0.25) is 0 Å². The van der Waals surface area contributed by atoms with Crippen molar-refractivity contribution in [2.75, 3.05) is 33.4 Å². The van der Waals surface area contributed by atoms with E-state index in [9.17, 15) is 4.79 Å². The van der Waals surface area contributed by atoms with Gasteiger partial charge >= 0.3 is 0 Å². The number of ether oxygens (including phenoxy) is 1. The fourth-order valence-electron chi connectivity index (χ4n) is 2.51. The number of ketones is 1. The molecular weight excluding hydrogens is 228 g/mol. The Morgan fingerprint density at radius 3 is 2.83 bits per heavy atom. The van der Waals surface area contributed by atoms with Crippen LogP contribution in [-0.2, 0) is 11.8 Å². The predicted molar refractivity (Wildman–Crippen MR) is 70.8 cm³/mol. The van der Waals surface area contributed by atoms with Crippen molar-refractivity contribution in [3.8, 4) is 0 Å². The average molecular weight is 250 g/mol. The van der Waals surface area contributed by atoms with Gasteiger partial charge in [0.1, 0.15) is 0 Å². The molecule has 1 fully saturated rings. The van der Waals surface area contributed by atoms with E-state index in [1.807, 2.05) is 37.0 Å². The molecule has 1 aromatic heterocycles. The minimum absolute atomic E-state index is 0.192. The van der Waals surface area contributed by atoms with Crippen LogP contribution in [0, 0.1) is 5.92 Å². The van der Waals surface area contributed by atoms with Gasteiger partial charge in [-0.15, -0.1) is 0 Å². The van der Waals surface area contributed by atoms with Crippen LogP contribution in [0.3, 0.4) is 0 Å². The zero-order valence-electron chi connectivity index (χ0n) is 11.3. The first kappa shape index (κ1) is 13.3. The Balaban J connectivity index is 1.81. The zero-order chi connectivity index (χ0) is 13.0. The number of likely N-dealkylation sites (N-methyl/N-ethyl adjacent to an activating group) is 1. The van der Waals surface area contributed by atoms with E-state index in [0.717, 1.165) is 38.3 Å². The van der Waals surface area contributed by atoms with Gasteiger partial charge < -0.3 is 9.30 Å². The minimum atomic E-state index is 0.192. The Labute approximate surface area is 109 Å². The summed E-state index contributed by atoms with van der Waals surface area (Å²) < 4.78 is 7.23. The molecule has 1 aliphatic rings. The second-order valence-corrected chi connectivity index (χ2v) is 5.18. The first-order valence-corrected chi connectivity index (χ1v) is 6.57. The van der Waals surface area contributed by atoms with Crippen LogP contribution >= 0.6 is 0 Å². The normalized spacial score (nSPS) is 17.3. The van der Waals surface area contributed by atoms with Crippen LogP contribution in [0.25, 0.3) is 0 Å². The van der Waals surface area contributed by atoms with Gasteiger partial charge in [-0.3, -0.25) is 9.69 Å². The molecule has 0 spiro atoms. The molecule has 0 N–H and O–H groups in total. The van der Waals surface area contributed by atoms with E-state index >= 15 is 0 Å². The highest BCUT2D eigenvalue weighted by atomic mass is 16.5.